The molecular weight excluding hydrogens is 262 g/mol. The molecule has 3 rings (SSSR count). The number of aliphatic imine (C=N–C) groups is 1. The highest BCUT2D eigenvalue weighted by molar-refractivity contribution is 6.02. The third kappa shape index (κ3) is 2.52. The summed E-state index contributed by atoms with van der Waals surface area (Å²) >= 11 is 0. The van der Waals surface area contributed by atoms with Crippen molar-refractivity contribution in [2.75, 3.05) is 20.2 Å². The zero-order valence-corrected chi connectivity index (χ0v) is 12.0. The van der Waals surface area contributed by atoms with Gasteiger partial charge in [-0.25, -0.2) is 0 Å². The Hall–Kier alpha value is -2.62. The van der Waals surface area contributed by atoms with Crippen molar-refractivity contribution in [1.29, 1.82) is 0 Å². The molecule has 0 saturated heterocycles. The summed E-state index contributed by atoms with van der Waals surface area (Å²) in [6.07, 6.45) is 5.41. The molecule has 0 amide bonds. The molecule has 0 unspecified atom stereocenters. The molecule has 0 atom stereocenters. The van der Waals surface area contributed by atoms with E-state index in [9.17, 15) is 0 Å². The summed E-state index contributed by atoms with van der Waals surface area (Å²) in [5.74, 6) is 1.73. The predicted molar refractivity (Wildman–Crippen MR) is 84.5 cm³/mol. The molecule has 1 aliphatic heterocycles. The van der Waals surface area contributed by atoms with Crippen molar-refractivity contribution in [3.8, 4) is 16.9 Å². The van der Waals surface area contributed by atoms with E-state index in [-0.39, 0.29) is 0 Å². The van der Waals surface area contributed by atoms with Crippen LogP contribution in [-0.4, -0.2) is 35.9 Å². The molecule has 0 N–H and O–H groups in total. The van der Waals surface area contributed by atoms with Crippen LogP contribution in [0.1, 0.15) is 5.56 Å². The van der Waals surface area contributed by atoms with Gasteiger partial charge in [-0.3, -0.25) is 9.98 Å². The van der Waals surface area contributed by atoms with E-state index in [1.807, 2.05) is 35.4 Å². The lowest BCUT2D eigenvalue weighted by molar-refractivity contribution is 0.302. The number of aromatic nitrogens is 1. The number of amidine groups is 1. The van der Waals surface area contributed by atoms with Crippen molar-refractivity contribution < 1.29 is 4.74 Å². The van der Waals surface area contributed by atoms with Crippen molar-refractivity contribution in [1.82, 2.24) is 9.88 Å². The second-order valence-electron chi connectivity index (χ2n) is 4.72. The van der Waals surface area contributed by atoms with Gasteiger partial charge < -0.3 is 9.64 Å². The minimum absolute atomic E-state index is 0.606. The largest absolute Gasteiger partial charge is 0.491 e. The Bertz CT molecular complexity index is 680. The van der Waals surface area contributed by atoms with E-state index in [0.29, 0.717) is 6.61 Å². The SMILES string of the molecule is C=CN1CCOc2cc(-c3cccnc3)ccc2C1=NC. The quantitative estimate of drug-likeness (QED) is 0.848. The Morgan fingerprint density at radius 1 is 1.33 bits per heavy atom. The lowest BCUT2D eigenvalue weighted by Gasteiger charge is -2.18. The standard InChI is InChI=1S/C17H17N3O/c1-3-20-9-10-21-16-11-13(14-5-4-8-19-12-14)6-7-15(16)17(20)18-2/h3-8,11-12H,1,9-10H2,2H3. The van der Waals surface area contributed by atoms with E-state index in [1.54, 1.807) is 19.4 Å². The maximum atomic E-state index is 5.88. The van der Waals surface area contributed by atoms with Gasteiger partial charge in [0.15, 0.2) is 0 Å². The molecule has 21 heavy (non-hydrogen) atoms. The molecule has 4 nitrogen and oxygen atoms in total. The fourth-order valence-electron chi connectivity index (χ4n) is 2.48. The zero-order valence-electron chi connectivity index (χ0n) is 12.0. The second kappa shape index (κ2) is 5.79. The van der Waals surface area contributed by atoms with Crippen LogP contribution in [0.2, 0.25) is 0 Å². The molecule has 0 spiro atoms. The maximum absolute atomic E-state index is 5.88. The van der Waals surface area contributed by atoms with Gasteiger partial charge in [-0.05, 0) is 30.0 Å². The summed E-state index contributed by atoms with van der Waals surface area (Å²) in [5, 5.41) is 0. The highest BCUT2D eigenvalue weighted by Gasteiger charge is 2.20. The molecule has 0 bridgehead atoms. The molecule has 1 aliphatic rings. The summed E-state index contributed by atoms with van der Waals surface area (Å²) in [6, 6.07) is 10.1. The van der Waals surface area contributed by atoms with Crippen LogP contribution in [0.25, 0.3) is 11.1 Å². The summed E-state index contributed by atoms with van der Waals surface area (Å²) in [5.41, 5.74) is 3.15. The molecule has 106 valence electrons. The smallest absolute Gasteiger partial charge is 0.138 e. The summed E-state index contributed by atoms with van der Waals surface area (Å²) < 4.78 is 5.88. The number of hydrogen-bond donors (Lipinski definition) is 0. The fourth-order valence-corrected chi connectivity index (χ4v) is 2.48. The van der Waals surface area contributed by atoms with Crippen LogP contribution in [0.4, 0.5) is 0 Å². The van der Waals surface area contributed by atoms with E-state index in [2.05, 4.69) is 22.6 Å². The lowest BCUT2D eigenvalue weighted by Crippen LogP contribution is -2.27. The van der Waals surface area contributed by atoms with Gasteiger partial charge in [0.1, 0.15) is 18.2 Å². The monoisotopic (exact) mass is 279 g/mol. The van der Waals surface area contributed by atoms with Gasteiger partial charge in [-0.1, -0.05) is 18.7 Å². The van der Waals surface area contributed by atoms with E-state index < -0.39 is 0 Å². The van der Waals surface area contributed by atoms with Gasteiger partial charge in [0.2, 0.25) is 0 Å². The first-order valence-electron chi connectivity index (χ1n) is 6.87. The Morgan fingerprint density at radius 2 is 2.24 bits per heavy atom. The van der Waals surface area contributed by atoms with Crippen LogP contribution in [0, 0.1) is 0 Å². The number of hydrogen-bond acceptors (Lipinski definition) is 3. The van der Waals surface area contributed by atoms with Gasteiger partial charge in [0.25, 0.3) is 0 Å². The summed E-state index contributed by atoms with van der Waals surface area (Å²) in [6.45, 7) is 5.19. The molecule has 0 radical (unpaired) electrons. The van der Waals surface area contributed by atoms with Crippen LogP contribution >= 0.6 is 0 Å². The highest BCUT2D eigenvalue weighted by atomic mass is 16.5. The molecular formula is C17H17N3O. The van der Waals surface area contributed by atoms with Gasteiger partial charge in [0.05, 0.1) is 12.1 Å². The molecule has 1 aromatic carbocycles. The molecule has 0 fully saturated rings. The van der Waals surface area contributed by atoms with E-state index in [0.717, 1.165) is 34.8 Å². The van der Waals surface area contributed by atoms with Gasteiger partial charge in [0, 0.05) is 25.0 Å². The van der Waals surface area contributed by atoms with Crippen molar-refractivity contribution in [2.45, 2.75) is 0 Å². The maximum Gasteiger partial charge on any atom is 0.138 e. The van der Waals surface area contributed by atoms with Crippen molar-refractivity contribution in [3.63, 3.8) is 0 Å². The Labute approximate surface area is 124 Å². The molecule has 2 heterocycles. The number of pyridine rings is 1. The van der Waals surface area contributed by atoms with Crippen LogP contribution < -0.4 is 4.74 Å². The number of benzene rings is 1. The minimum Gasteiger partial charge on any atom is -0.491 e. The number of nitrogens with zero attached hydrogens (tertiary/aromatic N) is 3. The van der Waals surface area contributed by atoms with Crippen LogP contribution in [0.5, 0.6) is 5.75 Å². The van der Waals surface area contributed by atoms with Crippen molar-refractivity contribution >= 4 is 5.84 Å². The van der Waals surface area contributed by atoms with Crippen molar-refractivity contribution in [2.24, 2.45) is 4.99 Å². The van der Waals surface area contributed by atoms with Gasteiger partial charge >= 0.3 is 0 Å². The first-order chi connectivity index (χ1) is 10.3. The average Bonchev–Trinajstić information content (AvgIpc) is 2.73. The third-order valence-electron chi connectivity index (χ3n) is 3.51. The topological polar surface area (TPSA) is 37.7 Å². The van der Waals surface area contributed by atoms with Crippen molar-refractivity contribution in [3.05, 3.63) is 61.1 Å². The molecule has 1 aromatic heterocycles. The van der Waals surface area contributed by atoms with Crippen LogP contribution in [0.15, 0.2) is 60.5 Å². The summed E-state index contributed by atoms with van der Waals surface area (Å²) in [7, 11) is 1.79. The third-order valence-corrected chi connectivity index (χ3v) is 3.51. The van der Waals surface area contributed by atoms with E-state index >= 15 is 0 Å². The van der Waals surface area contributed by atoms with Gasteiger partial charge in [-0.15, -0.1) is 0 Å². The average molecular weight is 279 g/mol. The number of fused-ring (bicyclic) bond motifs is 1. The van der Waals surface area contributed by atoms with E-state index in [1.165, 1.54) is 0 Å². The number of ether oxygens (including phenoxy) is 1. The first-order valence-corrected chi connectivity index (χ1v) is 6.87. The fraction of sp³-hybridized carbons (Fsp3) is 0.176. The van der Waals surface area contributed by atoms with Crippen LogP contribution in [-0.2, 0) is 0 Å². The normalized spacial score (nSPS) is 16.0. The first kappa shape index (κ1) is 13.4. The summed E-state index contributed by atoms with van der Waals surface area (Å²) in [4.78, 5) is 10.6. The van der Waals surface area contributed by atoms with Gasteiger partial charge in [-0.2, -0.15) is 0 Å². The van der Waals surface area contributed by atoms with E-state index in [4.69, 9.17) is 4.74 Å². The number of rotatable bonds is 2. The molecule has 2 aromatic rings. The second-order valence-corrected chi connectivity index (χ2v) is 4.72. The molecule has 0 aliphatic carbocycles. The zero-order chi connectivity index (χ0) is 14.7. The molecule has 0 saturated carbocycles. The molecule has 4 heteroatoms. The Balaban J connectivity index is 2.07. The minimum atomic E-state index is 0.606. The highest BCUT2D eigenvalue weighted by Crippen LogP contribution is 2.29. The Kier molecular flexibility index (Phi) is 3.69. The lowest BCUT2D eigenvalue weighted by atomic mass is 10.0. The van der Waals surface area contributed by atoms with Crippen LogP contribution in [0.3, 0.4) is 0 Å². The Morgan fingerprint density at radius 3 is 2.95 bits per heavy atom. The predicted octanol–water partition coefficient (Wildman–Crippen LogP) is 2.96.